The fraction of sp³-hybridized carbons (Fsp3) is 0.606. The molecule has 1 aromatic carbocycles. The van der Waals surface area contributed by atoms with Crippen molar-refractivity contribution in [2.45, 2.75) is 70.1 Å². The molecule has 0 bridgehead atoms. The van der Waals surface area contributed by atoms with Gasteiger partial charge in [-0.3, -0.25) is 9.59 Å². The van der Waals surface area contributed by atoms with Crippen LogP contribution < -0.4 is 10.6 Å². The molecule has 9 nitrogen and oxygen atoms in total. The predicted molar refractivity (Wildman–Crippen MR) is 173 cm³/mol. The number of alkyl halides is 3. The molecular weight excluding hydrogens is 655 g/mol. The third-order valence-electron chi connectivity index (χ3n) is 10.4. The first-order valence-corrected chi connectivity index (χ1v) is 17.7. The van der Waals surface area contributed by atoms with Crippen LogP contribution in [0.25, 0.3) is 0 Å². The fourth-order valence-corrected chi connectivity index (χ4v) is 8.81. The Balaban J connectivity index is 1.13. The molecule has 4 amide bonds. The van der Waals surface area contributed by atoms with Crippen molar-refractivity contribution in [1.82, 2.24) is 20.0 Å². The van der Waals surface area contributed by atoms with Gasteiger partial charge in [-0.05, 0) is 99.0 Å². The van der Waals surface area contributed by atoms with Crippen molar-refractivity contribution in [3.8, 4) is 5.75 Å². The Morgan fingerprint density at radius 2 is 1.66 bits per heavy atom. The maximum absolute atomic E-state index is 14.0. The molecule has 47 heavy (non-hydrogen) atoms. The van der Waals surface area contributed by atoms with Crippen LogP contribution in [0.3, 0.4) is 0 Å². The summed E-state index contributed by atoms with van der Waals surface area (Å²) in [5.74, 6) is -1.27. The molecule has 0 unspecified atom stereocenters. The Labute approximate surface area is 281 Å². The number of phenols is 1. The number of rotatable bonds is 7. The summed E-state index contributed by atoms with van der Waals surface area (Å²) in [5, 5.41) is 17.8. The summed E-state index contributed by atoms with van der Waals surface area (Å²) in [6.07, 6.45) is 0.0400. The number of amides is 4. The molecule has 256 valence electrons. The van der Waals surface area contributed by atoms with Crippen LogP contribution in [0, 0.1) is 17.8 Å². The van der Waals surface area contributed by atoms with Gasteiger partial charge >= 0.3 is 12.2 Å². The highest BCUT2D eigenvalue weighted by molar-refractivity contribution is 7.10. The zero-order valence-electron chi connectivity index (χ0n) is 26.2. The number of piperidine rings is 3. The van der Waals surface area contributed by atoms with Crippen LogP contribution in [-0.2, 0) is 28.7 Å². The number of nitrogens with one attached hydrogen (secondary N) is 2. The number of benzene rings is 1. The first-order valence-electron chi connectivity index (χ1n) is 16.5. The number of nitrogens with zero attached hydrogens (tertiary/aromatic N) is 3. The molecule has 3 N–H and O–H groups in total. The summed E-state index contributed by atoms with van der Waals surface area (Å²) in [6, 6.07) is 3.77. The van der Waals surface area contributed by atoms with E-state index >= 15 is 0 Å². The van der Waals surface area contributed by atoms with E-state index in [1.54, 1.807) is 21.1 Å². The van der Waals surface area contributed by atoms with Gasteiger partial charge in [0, 0.05) is 43.5 Å². The fourth-order valence-electron chi connectivity index (χ4n) is 7.74. The molecule has 4 aliphatic rings. The van der Waals surface area contributed by atoms with E-state index in [9.17, 15) is 32.7 Å². The average molecular weight is 696 g/mol. The van der Waals surface area contributed by atoms with Crippen molar-refractivity contribution in [2.75, 3.05) is 44.6 Å². The third-order valence-corrected chi connectivity index (χ3v) is 11.6. The van der Waals surface area contributed by atoms with E-state index in [2.05, 4.69) is 10.6 Å². The largest absolute Gasteiger partial charge is 0.506 e. The van der Waals surface area contributed by atoms with Crippen LogP contribution in [0.5, 0.6) is 5.75 Å². The van der Waals surface area contributed by atoms with Crippen molar-refractivity contribution < 1.29 is 32.7 Å². The highest BCUT2D eigenvalue weighted by Gasteiger charge is 2.38. The lowest BCUT2D eigenvalue weighted by atomic mass is 9.79. The van der Waals surface area contributed by atoms with Gasteiger partial charge in [0.15, 0.2) is 0 Å². The van der Waals surface area contributed by atoms with Crippen LogP contribution in [0.15, 0.2) is 23.6 Å². The number of anilines is 1. The molecular formula is C33H41ClF3N5O4S. The highest BCUT2D eigenvalue weighted by atomic mass is 35.5. The highest BCUT2D eigenvalue weighted by Crippen LogP contribution is 2.41. The molecule has 3 saturated heterocycles. The van der Waals surface area contributed by atoms with Gasteiger partial charge in [-0.1, -0.05) is 11.6 Å². The minimum Gasteiger partial charge on any atom is -0.506 e. The van der Waals surface area contributed by atoms with E-state index in [-0.39, 0.29) is 42.3 Å². The predicted octanol–water partition coefficient (Wildman–Crippen LogP) is 5.95. The van der Waals surface area contributed by atoms with Crippen molar-refractivity contribution >= 4 is 46.5 Å². The van der Waals surface area contributed by atoms with Gasteiger partial charge in [-0.2, -0.15) is 13.2 Å². The van der Waals surface area contributed by atoms with Crippen molar-refractivity contribution in [1.29, 1.82) is 0 Å². The second-order valence-electron chi connectivity index (χ2n) is 13.3. The Morgan fingerprint density at radius 3 is 2.34 bits per heavy atom. The van der Waals surface area contributed by atoms with E-state index in [4.69, 9.17) is 11.6 Å². The number of hydrogen-bond acceptors (Lipinski definition) is 6. The van der Waals surface area contributed by atoms with E-state index in [0.717, 1.165) is 55.4 Å². The molecule has 0 radical (unpaired) electrons. The smallest absolute Gasteiger partial charge is 0.420 e. The van der Waals surface area contributed by atoms with Gasteiger partial charge in [-0.25, -0.2) is 4.79 Å². The van der Waals surface area contributed by atoms with Gasteiger partial charge in [0.05, 0.1) is 28.7 Å². The minimum absolute atomic E-state index is 0.0344. The molecule has 3 fully saturated rings. The third kappa shape index (κ3) is 7.67. The van der Waals surface area contributed by atoms with Gasteiger partial charge in [0.2, 0.25) is 11.8 Å². The quantitative estimate of drug-likeness (QED) is 0.332. The number of fused-ring (bicyclic) bond motifs is 1. The first kappa shape index (κ1) is 33.9. The molecule has 6 rings (SSSR count). The molecule has 0 saturated carbocycles. The Morgan fingerprint density at radius 1 is 1.00 bits per heavy atom. The van der Waals surface area contributed by atoms with E-state index in [0.29, 0.717) is 57.4 Å². The van der Waals surface area contributed by atoms with Crippen molar-refractivity contribution in [3.63, 3.8) is 0 Å². The number of carbonyl (C=O) groups is 3. The number of carbonyl (C=O) groups excluding carboxylic acids is 3. The maximum Gasteiger partial charge on any atom is 0.420 e. The van der Waals surface area contributed by atoms with Crippen LogP contribution in [-0.4, -0.2) is 83.0 Å². The normalized spacial score (nSPS) is 21.0. The Bertz CT molecular complexity index is 1470. The summed E-state index contributed by atoms with van der Waals surface area (Å²) in [7, 11) is 0. The Hall–Kier alpha value is -3.03. The lowest BCUT2D eigenvalue weighted by Crippen LogP contribution is -2.51. The lowest BCUT2D eigenvalue weighted by Gasteiger charge is -2.40. The van der Waals surface area contributed by atoms with Crippen molar-refractivity contribution in [3.05, 3.63) is 44.6 Å². The van der Waals surface area contributed by atoms with Gasteiger partial charge in [-0.15, -0.1) is 11.3 Å². The lowest BCUT2D eigenvalue weighted by molar-refractivity contribution is -0.143. The molecule has 0 aliphatic carbocycles. The van der Waals surface area contributed by atoms with Crippen LogP contribution in [0.1, 0.15) is 60.9 Å². The topological polar surface area (TPSA) is 105 Å². The number of phenolic OH excluding ortho intramolecular Hbond substituents is 1. The zero-order valence-corrected chi connectivity index (χ0v) is 27.7. The number of thiophene rings is 1. The molecule has 1 atom stereocenters. The zero-order chi connectivity index (χ0) is 33.3. The SMILES string of the molecule is O=C(C[C@H](Cc1cc(Cl)c(O)c(C(F)(F)F)c1)C(=O)N1CCC(C2CCNCC2)CC1)N1CCC(N2Cc3sccc3NC2=O)CC1. The van der Waals surface area contributed by atoms with Gasteiger partial charge < -0.3 is 30.4 Å². The second kappa shape index (κ2) is 14.2. The summed E-state index contributed by atoms with van der Waals surface area (Å²) >= 11 is 7.60. The monoisotopic (exact) mass is 695 g/mol. The number of likely N-dealkylation sites (tertiary alicyclic amines) is 2. The van der Waals surface area contributed by atoms with E-state index in [1.807, 2.05) is 16.3 Å². The molecule has 0 spiro atoms. The maximum atomic E-state index is 14.0. The number of urea groups is 1. The van der Waals surface area contributed by atoms with Gasteiger partial charge in [0.25, 0.3) is 0 Å². The molecule has 2 aromatic rings. The van der Waals surface area contributed by atoms with Gasteiger partial charge in [0.1, 0.15) is 5.75 Å². The second-order valence-corrected chi connectivity index (χ2v) is 14.7. The van der Waals surface area contributed by atoms with Crippen LogP contribution >= 0.6 is 22.9 Å². The van der Waals surface area contributed by atoms with E-state index < -0.39 is 28.4 Å². The standard InChI is InChI=1S/C33H41ClF3N5O4S/c34-26-17-20(16-25(30(26)44)33(35,36)37)15-23(31(45)41-10-3-22(4-11-41)21-1-8-38-9-2-21)18-29(43)40-12-5-24(6-13-40)42-19-28-27(7-14-47-28)39-32(42)46/h7,14,16-17,21-24,38,44H,1-6,8-13,15,18-19H2,(H,39,46)/t23-/m0/s1. The molecule has 4 aliphatic heterocycles. The van der Waals surface area contributed by atoms with Crippen LogP contribution in [0.2, 0.25) is 5.02 Å². The van der Waals surface area contributed by atoms with Crippen LogP contribution in [0.4, 0.5) is 23.7 Å². The minimum atomic E-state index is -4.84. The summed E-state index contributed by atoms with van der Waals surface area (Å²) in [4.78, 5) is 46.8. The number of hydrogen-bond donors (Lipinski definition) is 3. The molecule has 14 heteroatoms. The summed E-state index contributed by atoms with van der Waals surface area (Å²) in [6.45, 7) is 4.46. The summed E-state index contributed by atoms with van der Waals surface area (Å²) in [5.41, 5.74) is -0.287. The number of aromatic hydroxyl groups is 1. The van der Waals surface area contributed by atoms with Crippen molar-refractivity contribution in [2.24, 2.45) is 17.8 Å². The number of halogens is 4. The average Bonchev–Trinajstić information content (AvgIpc) is 3.52. The molecule has 1 aromatic heterocycles. The van der Waals surface area contributed by atoms with E-state index in [1.165, 1.54) is 6.07 Å². The Kier molecular flexibility index (Phi) is 10.2. The first-order chi connectivity index (χ1) is 22.5. The summed E-state index contributed by atoms with van der Waals surface area (Å²) < 4.78 is 41.1. The molecule has 5 heterocycles.